The Morgan fingerprint density at radius 3 is 2.61 bits per heavy atom. The summed E-state index contributed by atoms with van der Waals surface area (Å²) in [5, 5.41) is 13.7. The summed E-state index contributed by atoms with van der Waals surface area (Å²) < 4.78 is 0. The lowest BCUT2D eigenvalue weighted by molar-refractivity contribution is -0.387. The SMILES string of the molecule is CC(N)CCNC(=O)CSc1ccc(C(N)=O)cc1[N+](=O)[O-].Cl. The van der Waals surface area contributed by atoms with E-state index in [4.69, 9.17) is 11.5 Å². The Kier molecular flexibility index (Phi) is 9.23. The number of nitrogens with one attached hydrogen (secondary N) is 1. The lowest BCUT2D eigenvalue weighted by atomic mass is 10.2. The van der Waals surface area contributed by atoms with Crippen molar-refractivity contribution < 1.29 is 14.5 Å². The van der Waals surface area contributed by atoms with Crippen LogP contribution in [0.5, 0.6) is 0 Å². The molecule has 0 heterocycles. The van der Waals surface area contributed by atoms with E-state index >= 15 is 0 Å². The molecule has 0 saturated heterocycles. The van der Waals surface area contributed by atoms with Gasteiger partial charge in [0, 0.05) is 24.2 Å². The number of carbonyl (C=O) groups is 2. The second-order valence-corrected chi connectivity index (χ2v) is 5.73. The molecule has 0 saturated carbocycles. The zero-order valence-corrected chi connectivity index (χ0v) is 14.1. The van der Waals surface area contributed by atoms with Crippen LogP contribution in [0.15, 0.2) is 23.1 Å². The van der Waals surface area contributed by atoms with Crippen LogP contribution in [0.25, 0.3) is 0 Å². The van der Waals surface area contributed by atoms with Crippen LogP contribution in [0.2, 0.25) is 0 Å². The number of amides is 2. The van der Waals surface area contributed by atoms with Crippen LogP contribution in [-0.4, -0.2) is 35.1 Å². The molecule has 0 bridgehead atoms. The van der Waals surface area contributed by atoms with Crippen LogP contribution in [0.3, 0.4) is 0 Å². The van der Waals surface area contributed by atoms with Gasteiger partial charge in [-0.2, -0.15) is 0 Å². The van der Waals surface area contributed by atoms with Crippen molar-refractivity contribution in [3.8, 4) is 0 Å². The Hall–Kier alpha value is -1.84. The number of hydrogen-bond acceptors (Lipinski definition) is 6. The van der Waals surface area contributed by atoms with Crippen molar-refractivity contribution in [2.24, 2.45) is 11.5 Å². The monoisotopic (exact) mass is 362 g/mol. The molecule has 0 aliphatic carbocycles. The lowest BCUT2D eigenvalue weighted by Crippen LogP contribution is -2.30. The van der Waals surface area contributed by atoms with Crippen molar-refractivity contribution in [2.45, 2.75) is 24.3 Å². The zero-order valence-electron chi connectivity index (χ0n) is 12.5. The Morgan fingerprint density at radius 1 is 1.43 bits per heavy atom. The summed E-state index contributed by atoms with van der Waals surface area (Å²) in [5.74, 6) is -0.942. The number of primary amides is 1. The third kappa shape index (κ3) is 7.31. The summed E-state index contributed by atoms with van der Waals surface area (Å²) in [6.45, 7) is 2.30. The molecule has 2 amide bonds. The van der Waals surface area contributed by atoms with E-state index in [0.29, 0.717) is 17.9 Å². The standard InChI is InChI=1S/C13H18N4O4S.ClH/c1-8(14)4-5-16-12(18)7-22-11-3-2-9(13(15)19)6-10(11)17(20)21;/h2-3,6,8H,4-5,7,14H2,1H3,(H2,15,19)(H,16,18);1H. The van der Waals surface area contributed by atoms with Gasteiger partial charge in [0.1, 0.15) is 0 Å². The van der Waals surface area contributed by atoms with E-state index in [1.165, 1.54) is 12.1 Å². The average Bonchev–Trinajstić information content (AvgIpc) is 2.44. The first-order valence-corrected chi connectivity index (χ1v) is 7.53. The minimum absolute atomic E-state index is 0. The minimum Gasteiger partial charge on any atom is -0.366 e. The van der Waals surface area contributed by atoms with Crippen molar-refractivity contribution in [3.05, 3.63) is 33.9 Å². The van der Waals surface area contributed by atoms with Crippen molar-refractivity contribution in [2.75, 3.05) is 12.3 Å². The van der Waals surface area contributed by atoms with Gasteiger partial charge in [0.05, 0.1) is 15.6 Å². The van der Waals surface area contributed by atoms with Crippen LogP contribution in [0.1, 0.15) is 23.7 Å². The highest BCUT2D eigenvalue weighted by atomic mass is 35.5. The molecule has 0 aliphatic heterocycles. The van der Waals surface area contributed by atoms with Gasteiger partial charge < -0.3 is 16.8 Å². The predicted molar refractivity (Wildman–Crippen MR) is 90.9 cm³/mol. The van der Waals surface area contributed by atoms with Gasteiger partial charge in [-0.05, 0) is 25.5 Å². The van der Waals surface area contributed by atoms with E-state index in [2.05, 4.69) is 5.32 Å². The van der Waals surface area contributed by atoms with E-state index in [9.17, 15) is 19.7 Å². The fourth-order valence-corrected chi connectivity index (χ4v) is 2.40. The maximum Gasteiger partial charge on any atom is 0.283 e. The highest BCUT2D eigenvalue weighted by molar-refractivity contribution is 8.00. The smallest absolute Gasteiger partial charge is 0.283 e. The molecule has 23 heavy (non-hydrogen) atoms. The molecular formula is C13H19ClN4O4S. The number of nitro groups is 1. The molecule has 10 heteroatoms. The van der Waals surface area contributed by atoms with Gasteiger partial charge in [0.25, 0.3) is 5.69 Å². The fourth-order valence-electron chi connectivity index (χ4n) is 1.57. The molecule has 5 N–H and O–H groups in total. The number of nitrogens with two attached hydrogens (primary N) is 2. The summed E-state index contributed by atoms with van der Waals surface area (Å²) >= 11 is 1.03. The second kappa shape index (κ2) is 10.0. The number of carbonyl (C=O) groups excluding carboxylic acids is 2. The first-order valence-electron chi connectivity index (χ1n) is 6.54. The quantitative estimate of drug-likeness (QED) is 0.358. The van der Waals surface area contributed by atoms with Crippen LogP contribution in [0, 0.1) is 10.1 Å². The second-order valence-electron chi connectivity index (χ2n) is 4.71. The predicted octanol–water partition coefficient (Wildman–Crippen LogP) is 1.06. The van der Waals surface area contributed by atoms with Gasteiger partial charge in [0.2, 0.25) is 11.8 Å². The Bertz CT molecular complexity index is 583. The maximum atomic E-state index is 11.6. The van der Waals surface area contributed by atoms with Crippen molar-refractivity contribution in [1.29, 1.82) is 0 Å². The third-order valence-corrected chi connectivity index (χ3v) is 3.78. The number of hydrogen-bond donors (Lipinski definition) is 3. The first kappa shape index (κ1) is 21.2. The molecule has 1 atom stereocenters. The molecule has 8 nitrogen and oxygen atoms in total. The van der Waals surface area contributed by atoms with Crippen LogP contribution in [-0.2, 0) is 4.79 Å². The average molecular weight is 363 g/mol. The molecule has 1 aromatic rings. The molecule has 1 rings (SSSR count). The number of nitrogens with zero attached hydrogens (tertiary/aromatic N) is 1. The fraction of sp³-hybridized carbons (Fsp3) is 0.385. The molecule has 0 aromatic heterocycles. The van der Waals surface area contributed by atoms with Crippen LogP contribution in [0.4, 0.5) is 5.69 Å². The van der Waals surface area contributed by atoms with Gasteiger partial charge in [0.15, 0.2) is 0 Å². The zero-order chi connectivity index (χ0) is 16.7. The van der Waals surface area contributed by atoms with Crippen molar-refractivity contribution >= 4 is 41.7 Å². The Labute approximate surface area is 143 Å². The Balaban J connectivity index is 0.00000484. The van der Waals surface area contributed by atoms with E-state index in [1.54, 1.807) is 0 Å². The van der Waals surface area contributed by atoms with E-state index in [-0.39, 0.29) is 41.4 Å². The number of halogens is 1. The highest BCUT2D eigenvalue weighted by Gasteiger charge is 2.17. The molecule has 0 radical (unpaired) electrons. The largest absolute Gasteiger partial charge is 0.366 e. The summed E-state index contributed by atoms with van der Waals surface area (Å²) in [5.41, 5.74) is 10.5. The number of nitro benzene ring substituents is 1. The minimum atomic E-state index is -0.742. The van der Waals surface area contributed by atoms with Gasteiger partial charge >= 0.3 is 0 Å². The van der Waals surface area contributed by atoms with Gasteiger partial charge in [-0.15, -0.1) is 24.2 Å². The Morgan fingerprint density at radius 2 is 2.09 bits per heavy atom. The summed E-state index contributed by atoms with van der Waals surface area (Å²) in [4.78, 5) is 33.4. The van der Waals surface area contributed by atoms with Crippen molar-refractivity contribution in [1.82, 2.24) is 5.32 Å². The molecule has 1 unspecified atom stereocenters. The molecule has 128 valence electrons. The van der Waals surface area contributed by atoms with E-state index < -0.39 is 10.8 Å². The molecule has 0 fully saturated rings. The van der Waals surface area contributed by atoms with Crippen LogP contribution < -0.4 is 16.8 Å². The van der Waals surface area contributed by atoms with E-state index in [1.807, 2.05) is 6.92 Å². The van der Waals surface area contributed by atoms with Crippen LogP contribution >= 0.6 is 24.2 Å². The van der Waals surface area contributed by atoms with Gasteiger partial charge in [-0.25, -0.2) is 0 Å². The summed E-state index contributed by atoms with van der Waals surface area (Å²) in [7, 11) is 0. The number of benzene rings is 1. The molecule has 0 spiro atoms. The normalized spacial score (nSPS) is 11.2. The number of thioether (sulfide) groups is 1. The number of rotatable bonds is 8. The lowest BCUT2D eigenvalue weighted by Gasteiger charge is -2.07. The molecule has 0 aliphatic rings. The van der Waals surface area contributed by atoms with Gasteiger partial charge in [-0.1, -0.05) is 0 Å². The molecule has 1 aromatic carbocycles. The van der Waals surface area contributed by atoms with Gasteiger partial charge in [-0.3, -0.25) is 19.7 Å². The first-order chi connectivity index (χ1) is 10.3. The summed E-state index contributed by atoms with van der Waals surface area (Å²) in [6, 6.07) is 3.91. The summed E-state index contributed by atoms with van der Waals surface area (Å²) in [6.07, 6.45) is 0.657. The third-order valence-electron chi connectivity index (χ3n) is 2.72. The molecular weight excluding hydrogens is 344 g/mol. The highest BCUT2D eigenvalue weighted by Crippen LogP contribution is 2.29. The van der Waals surface area contributed by atoms with Crippen molar-refractivity contribution in [3.63, 3.8) is 0 Å². The van der Waals surface area contributed by atoms with E-state index in [0.717, 1.165) is 17.8 Å². The topological polar surface area (TPSA) is 141 Å². The maximum absolute atomic E-state index is 11.6.